The second-order valence-electron chi connectivity index (χ2n) is 6.00. The van der Waals surface area contributed by atoms with E-state index in [0.717, 1.165) is 5.56 Å². The molecule has 2 atom stereocenters. The van der Waals surface area contributed by atoms with Crippen molar-refractivity contribution in [1.29, 1.82) is 0 Å². The van der Waals surface area contributed by atoms with Crippen LogP contribution in [-0.2, 0) is 9.59 Å². The van der Waals surface area contributed by atoms with Gasteiger partial charge in [0.15, 0.2) is 0 Å². The van der Waals surface area contributed by atoms with Crippen LogP contribution < -0.4 is 10.1 Å². The topological polar surface area (TPSA) is 71.5 Å². The summed E-state index contributed by atoms with van der Waals surface area (Å²) >= 11 is 0. The van der Waals surface area contributed by atoms with Crippen molar-refractivity contribution in [2.75, 3.05) is 19.0 Å². The first-order valence-electron chi connectivity index (χ1n) is 8.29. The first-order chi connectivity index (χ1) is 12.1. The summed E-state index contributed by atoms with van der Waals surface area (Å²) in [6, 6.07) is 10.6. The van der Waals surface area contributed by atoms with Gasteiger partial charge in [0.1, 0.15) is 5.75 Å². The molecule has 0 spiro atoms. The summed E-state index contributed by atoms with van der Waals surface area (Å²) in [4.78, 5) is 30.7. The summed E-state index contributed by atoms with van der Waals surface area (Å²) in [6.45, 7) is 2.46. The lowest BCUT2D eigenvalue weighted by Crippen LogP contribution is -2.30. The van der Waals surface area contributed by atoms with Crippen LogP contribution in [0.15, 0.2) is 48.8 Å². The van der Waals surface area contributed by atoms with E-state index in [1.165, 1.54) is 0 Å². The molecular formula is C19H21N3O3. The number of carbonyl (C=O) groups excluding carboxylic acids is 2. The monoisotopic (exact) mass is 339 g/mol. The van der Waals surface area contributed by atoms with Gasteiger partial charge in [-0.05, 0) is 30.7 Å². The summed E-state index contributed by atoms with van der Waals surface area (Å²) in [6.07, 6.45) is 3.57. The van der Waals surface area contributed by atoms with E-state index in [9.17, 15) is 9.59 Å². The van der Waals surface area contributed by atoms with Crippen LogP contribution in [0.4, 0.5) is 5.69 Å². The van der Waals surface area contributed by atoms with Gasteiger partial charge in [0.25, 0.3) is 0 Å². The number of amides is 2. The van der Waals surface area contributed by atoms with E-state index in [4.69, 9.17) is 4.74 Å². The van der Waals surface area contributed by atoms with Crippen LogP contribution >= 0.6 is 0 Å². The molecule has 0 aliphatic carbocycles. The number of likely N-dealkylation sites (tertiary alicyclic amines) is 1. The van der Waals surface area contributed by atoms with E-state index in [1.54, 1.807) is 36.5 Å². The van der Waals surface area contributed by atoms with Crippen molar-refractivity contribution in [3.05, 3.63) is 54.4 Å². The largest absolute Gasteiger partial charge is 0.494 e. The fourth-order valence-corrected chi connectivity index (χ4v) is 3.18. The maximum Gasteiger partial charge on any atom is 0.230 e. The molecule has 0 bridgehead atoms. The number of rotatable bonds is 5. The summed E-state index contributed by atoms with van der Waals surface area (Å²) in [5.41, 5.74) is 1.52. The molecule has 6 nitrogen and oxygen atoms in total. The van der Waals surface area contributed by atoms with Gasteiger partial charge in [-0.3, -0.25) is 14.6 Å². The van der Waals surface area contributed by atoms with Crippen molar-refractivity contribution >= 4 is 17.5 Å². The maximum atomic E-state index is 12.8. The van der Waals surface area contributed by atoms with Crippen LogP contribution in [-0.4, -0.2) is 35.4 Å². The fraction of sp³-hybridized carbons (Fsp3) is 0.316. The van der Waals surface area contributed by atoms with Crippen LogP contribution in [0.25, 0.3) is 0 Å². The standard InChI is InChI=1S/C19H21N3O3/c1-3-25-15-8-4-7-14(10-15)21-19(24)16-11-17(23)22(2)18(16)13-6-5-9-20-12-13/h4-10,12,16,18H,3,11H2,1-2H3,(H,21,24)/t16-,18-/m1/s1. The highest BCUT2D eigenvalue weighted by molar-refractivity contribution is 5.98. The first-order valence-corrected chi connectivity index (χ1v) is 8.29. The average molecular weight is 339 g/mol. The number of benzene rings is 1. The van der Waals surface area contributed by atoms with Crippen LogP contribution in [0, 0.1) is 5.92 Å². The molecular weight excluding hydrogens is 318 g/mol. The zero-order chi connectivity index (χ0) is 17.8. The summed E-state index contributed by atoms with van der Waals surface area (Å²) in [5.74, 6) is 0.0125. The summed E-state index contributed by atoms with van der Waals surface area (Å²) in [7, 11) is 1.73. The Labute approximate surface area is 146 Å². The highest BCUT2D eigenvalue weighted by Gasteiger charge is 2.42. The lowest BCUT2D eigenvalue weighted by atomic mass is 9.94. The number of pyridine rings is 1. The Morgan fingerprint density at radius 1 is 1.36 bits per heavy atom. The molecule has 0 saturated carbocycles. The van der Waals surface area contributed by atoms with Crippen LogP contribution in [0.3, 0.4) is 0 Å². The number of anilines is 1. The van der Waals surface area contributed by atoms with E-state index >= 15 is 0 Å². The van der Waals surface area contributed by atoms with Gasteiger partial charge in [0.05, 0.1) is 18.6 Å². The zero-order valence-corrected chi connectivity index (χ0v) is 14.3. The number of nitrogens with one attached hydrogen (secondary N) is 1. The van der Waals surface area contributed by atoms with Crippen LogP contribution in [0.2, 0.25) is 0 Å². The van der Waals surface area contributed by atoms with Gasteiger partial charge in [-0.25, -0.2) is 0 Å². The number of nitrogens with zero attached hydrogens (tertiary/aromatic N) is 2. The van der Waals surface area contributed by atoms with Crippen molar-refractivity contribution in [2.24, 2.45) is 5.92 Å². The van der Waals surface area contributed by atoms with Crippen molar-refractivity contribution in [1.82, 2.24) is 9.88 Å². The maximum absolute atomic E-state index is 12.8. The Hall–Kier alpha value is -2.89. The second kappa shape index (κ2) is 7.34. The molecule has 2 aromatic rings. The quantitative estimate of drug-likeness (QED) is 0.909. The third kappa shape index (κ3) is 3.63. The Bertz CT molecular complexity index is 764. The van der Waals surface area contributed by atoms with Gasteiger partial charge in [-0.15, -0.1) is 0 Å². The molecule has 1 aliphatic heterocycles. The normalized spacial score (nSPS) is 19.8. The minimum absolute atomic E-state index is 0.0444. The smallest absolute Gasteiger partial charge is 0.230 e. The summed E-state index contributed by atoms with van der Waals surface area (Å²) < 4.78 is 5.46. The molecule has 1 aromatic heterocycles. The van der Waals surface area contributed by atoms with E-state index in [0.29, 0.717) is 18.0 Å². The molecule has 1 aliphatic rings. The molecule has 3 rings (SSSR count). The second-order valence-corrected chi connectivity index (χ2v) is 6.00. The molecule has 1 aromatic carbocycles. The van der Waals surface area contributed by atoms with E-state index in [-0.39, 0.29) is 24.3 Å². The van der Waals surface area contributed by atoms with Crippen molar-refractivity contribution < 1.29 is 14.3 Å². The Balaban J connectivity index is 1.80. The van der Waals surface area contributed by atoms with Crippen molar-refractivity contribution in [2.45, 2.75) is 19.4 Å². The minimum atomic E-state index is -0.461. The van der Waals surface area contributed by atoms with Gasteiger partial charge >= 0.3 is 0 Å². The minimum Gasteiger partial charge on any atom is -0.494 e. The average Bonchev–Trinajstić information content (AvgIpc) is 2.92. The van der Waals surface area contributed by atoms with Gasteiger partial charge in [0.2, 0.25) is 11.8 Å². The molecule has 2 heterocycles. The Morgan fingerprint density at radius 3 is 2.92 bits per heavy atom. The Kier molecular flexibility index (Phi) is 4.97. The number of carbonyl (C=O) groups is 2. The molecule has 1 N–H and O–H groups in total. The van der Waals surface area contributed by atoms with Crippen molar-refractivity contribution in [3.63, 3.8) is 0 Å². The number of ether oxygens (including phenoxy) is 1. The van der Waals surface area contributed by atoms with Crippen LogP contribution in [0.1, 0.15) is 24.9 Å². The molecule has 6 heteroatoms. The lowest BCUT2D eigenvalue weighted by molar-refractivity contribution is -0.127. The van der Waals surface area contributed by atoms with Gasteiger partial charge in [-0.1, -0.05) is 12.1 Å². The Morgan fingerprint density at radius 2 is 2.20 bits per heavy atom. The van der Waals surface area contributed by atoms with Gasteiger partial charge in [-0.2, -0.15) is 0 Å². The fourth-order valence-electron chi connectivity index (χ4n) is 3.18. The molecule has 1 fully saturated rings. The van der Waals surface area contributed by atoms with E-state index in [1.807, 2.05) is 31.2 Å². The molecule has 130 valence electrons. The SMILES string of the molecule is CCOc1cccc(NC(=O)[C@@H]2CC(=O)N(C)[C@@H]2c2cccnc2)c1. The lowest BCUT2D eigenvalue weighted by Gasteiger charge is -2.24. The number of aromatic nitrogens is 1. The molecule has 0 radical (unpaired) electrons. The van der Waals surface area contributed by atoms with Gasteiger partial charge < -0.3 is 15.0 Å². The predicted molar refractivity (Wildman–Crippen MR) is 94.1 cm³/mol. The van der Waals surface area contributed by atoms with Crippen LogP contribution in [0.5, 0.6) is 5.75 Å². The molecule has 25 heavy (non-hydrogen) atoms. The highest BCUT2D eigenvalue weighted by atomic mass is 16.5. The number of hydrogen-bond acceptors (Lipinski definition) is 4. The molecule has 2 amide bonds. The van der Waals surface area contributed by atoms with Gasteiger partial charge in [0, 0.05) is 37.6 Å². The van der Waals surface area contributed by atoms with E-state index in [2.05, 4.69) is 10.3 Å². The third-order valence-corrected chi connectivity index (χ3v) is 4.36. The number of hydrogen-bond donors (Lipinski definition) is 1. The molecule has 1 saturated heterocycles. The zero-order valence-electron chi connectivity index (χ0n) is 14.3. The third-order valence-electron chi connectivity index (χ3n) is 4.36. The first kappa shape index (κ1) is 17.0. The van der Waals surface area contributed by atoms with Crippen molar-refractivity contribution in [3.8, 4) is 5.75 Å². The summed E-state index contributed by atoms with van der Waals surface area (Å²) in [5, 5.41) is 2.91. The predicted octanol–water partition coefficient (Wildman–Crippen LogP) is 2.64. The highest BCUT2D eigenvalue weighted by Crippen LogP contribution is 2.37. The van der Waals surface area contributed by atoms with E-state index < -0.39 is 5.92 Å². The molecule has 0 unspecified atom stereocenters.